The zero-order valence-electron chi connectivity index (χ0n) is 14.1. The number of nitrogens with zero attached hydrogens (tertiary/aromatic N) is 2. The minimum absolute atomic E-state index is 0.0209. The van der Waals surface area contributed by atoms with Crippen molar-refractivity contribution >= 4 is 50.5 Å². The number of rotatable bonds is 5. The predicted molar refractivity (Wildman–Crippen MR) is 101 cm³/mol. The third-order valence-corrected chi connectivity index (χ3v) is 8.11. The Hall–Kier alpha value is -0.420. The highest BCUT2D eigenvalue weighted by atomic mass is 35.5. The number of hydrazine groups is 1. The van der Waals surface area contributed by atoms with E-state index in [1.807, 2.05) is 5.01 Å². The molecule has 0 aliphatic carbocycles. The molecule has 1 aromatic rings. The van der Waals surface area contributed by atoms with Crippen LogP contribution in [0, 0.1) is 5.92 Å². The van der Waals surface area contributed by atoms with Crippen LogP contribution in [0.15, 0.2) is 11.0 Å². The molecule has 3 rings (SSSR count). The summed E-state index contributed by atoms with van der Waals surface area (Å²) < 4.78 is 32.8. The maximum Gasteiger partial charge on any atom is 0.245 e. The van der Waals surface area contributed by atoms with E-state index < -0.39 is 10.0 Å². The molecule has 0 saturated carbocycles. The number of carbonyl (C=O) groups excluding carboxylic acids is 1. The van der Waals surface area contributed by atoms with Crippen molar-refractivity contribution in [1.82, 2.24) is 14.7 Å². The fourth-order valence-electron chi connectivity index (χ4n) is 3.21. The molecule has 3 heterocycles. The van der Waals surface area contributed by atoms with E-state index in [9.17, 15) is 13.2 Å². The van der Waals surface area contributed by atoms with Crippen molar-refractivity contribution in [1.29, 1.82) is 0 Å². The minimum atomic E-state index is -3.70. The zero-order valence-corrected chi connectivity index (χ0v) is 17.3. The Balaban J connectivity index is 1.60. The highest BCUT2D eigenvalue weighted by Gasteiger charge is 2.33. The molecule has 0 radical (unpaired) electrons. The van der Waals surface area contributed by atoms with Gasteiger partial charge in [-0.2, -0.15) is 4.31 Å². The van der Waals surface area contributed by atoms with Gasteiger partial charge in [0.05, 0.1) is 17.6 Å². The summed E-state index contributed by atoms with van der Waals surface area (Å²) in [6.45, 7) is 3.25. The van der Waals surface area contributed by atoms with Crippen LogP contribution in [0.1, 0.15) is 19.3 Å². The molecule has 1 N–H and O–H groups in total. The maximum atomic E-state index is 12.8. The topological polar surface area (TPSA) is 79.0 Å². The largest absolute Gasteiger partial charge is 0.379 e. The number of halogens is 2. The van der Waals surface area contributed by atoms with E-state index in [2.05, 4.69) is 5.43 Å². The van der Waals surface area contributed by atoms with Gasteiger partial charge in [-0.25, -0.2) is 13.4 Å². The second-order valence-corrected chi connectivity index (χ2v) is 10.6. The fourth-order valence-corrected chi connectivity index (χ4v) is 6.88. The molecule has 2 aliphatic heterocycles. The smallest absolute Gasteiger partial charge is 0.245 e. The van der Waals surface area contributed by atoms with Crippen LogP contribution >= 0.6 is 34.5 Å². The normalized spacial score (nSPS) is 23.1. The summed E-state index contributed by atoms with van der Waals surface area (Å²) in [6.07, 6.45) is 1.83. The highest BCUT2D eigenvalue weighted by Crippen LogP contribution is 2.37. The van der Waals surface area contributed by atoms with Gasteiger partial charge in [-0.05, 0) is 24.8 Å². The van der Waals surface area contributed by atoms with Gasteiger partial charge in [-0.3, -0.25) is 10.2 Å². The monoisotopic (exact) mass is 441 g/mol. The lowest BCUT2D eigenvalue weighted by Crippen LogP contribution is -2.49. The van der Waals surface area contributed by atoms with Crippen LogP contribution in [0.4, 0.5) is 0 Å². The summed E-state index contributed by atoms with van der Waals surface area (Å²) in [4.78, 5) is 12.3. The predicted octanol–water partition coefficient (Wildman–Crippen LogP) is 2.21. The van der Waals surface area contributed by atoms with Crippen molar-refractivity contribution in [2.75, 3.05) is 39.4 Å². The molecule has 1 amide bonds. The van der Waals surface area contributed by atoms with Crippen molar-refractivity contribution in [2.24, 2.45) is 5.92 Å². The molecule has 2 aliphatic rings. The number of amides is 1. The summed E-state index contributed by atoms with van der Waals surface area (Å²) in [7, 11) is -3.70. The molecule has 146 valence electrons. The molecule has 11 heteroatoms. The van der Waals surface area contributed by atoms with Crippen molar-refractivity contribution in [3.63, 3.8) is 0 Å². The highest BCUT2D eigenvalue weighted by molar-refractivity contribution is 7.89. The second-order valence-electron chi connectivity index (χ2n) is 6.40. The summed E-state index contributed by atoms with van der Waals surface area (Å²) in [6, 6.07) is 1.39. The molecule has 2 fully saturated rings. The Morgan fingerprint density at radius 3 is 2.69 bits per heavy atom. The van der Waals surface area contributed by atoms with Gasteiger partial charge in [-0.15, -0.1) is 11.3 Å². The van der Waals surface area contributed by atoms with Gasteiger partial charge in [0.2, 0.25) is 15.9 Å². The summed E-state index contributed by atoms with van der Waals surface area (Å²) in [5.74, 6) is -0.111. The van der Waals surface area contributed by atoms with Gasteiger partial charge in [0.15, 0.2) is 0 Å². The first-order valence-electron chi connectivity index (χ1n) is 8.43. The third-order valence-electron chi connectivity index (χ3n) is 4.49. The number of morpholine rings is 1. The Morgan fingerprint density at radius 2 is 2.04 bits per heavy atom. The lowest BCUT2D eigenvalue weighted by Gasteiger charge is -2.32. The minimum Gasteiger partial charge on any atom is -0.379 e. The molecule has 1 aromatic heterocycles. The molecule has 7 nitrogen and oxygen atoms in total. The Morgan fingerprint density at radius 1 is 1.31 bits per heavy atom. The molecule has 0 aromatic carbocycles. The van der Waals surface area contributed by atoms with Crippen LogP contribution in [0.3, 0.4) is 0 Å². The molecule has 0 bridgehead atoms. The summed E-state index contributed by atoms with van der Waals surface area (Å²) in [5.41, 5.74) is 2.87. The van der Waals surface area contributed by atoms with Gasteiger partial charge in [0, 0.05) is 32.6 Å². The maximum absolute atomic E-state index is 12.8. The van der Waals surface area contributed by atoms with E-state index in [4.69, 9.17) is 27.9 Å². The second kappa shape index (κ2) is 8.72. The Bertz CT molecular complexity index is 750. The van der Waals surface area contributed by atoms with E-state index in [-0.39, 0.29) is 21.1 Å². The van der Waals surface area contributed by atoms with Gasteiger partial charge in [-0.1, -0.05) is 23.2 Å². The van der Waals surface area contributed by atoms with Crippen LogP contribution in [-0.2, 0) is 19.6 Å². The van der Waals surface area contributed by atoms with Gasteiger partial charge >= 0.3 is 0 Å². The number of thiophene rings is 1. The Labute approximate surface area is 167 Å². The third kappa shape index (κ3) is 4.89. The SMILES string of the molecule is O=C(CC1CCCN(S(=O)(=O)c2cc(Cl)sc2Cl)C1)NN1CCOCC1. The van der Waals surface area contributed by atoms with Crippen LogP contribution in [-0.4, -0.2) is 63.0 Å². The van der Waals surface area contributed by atoms with Crippen molar-refractivity contribution in [3.8, 4) is 0 Å². The quantitative estimate of drug-likeness (QED) is 0.757. The van der Waals surface area contributed by atoms with E-state index >= 15 is 0 Å². The van der Waals surface area contributed by atoms with Crippen LogP contribution in [0.5, 0.6) is 0 Å². The number of carbonyl (C=O) groups is 1. The number of piperidine rings is 1. The van der Waals surface area contributed by atoms with Crippen LogP contribution in [0.2, 0.25) is 8.67 Å². The fraction of sp³-hybridized carbons (Fsp3) is 0.667. The number of nitrogens with one attached hydrogen (secondary N) is 1. The van der Waals surface area contributed by atoms with E-state index in [1.54, 1.807) is 0 Å². The van der Waals surface area contributed by atoms with Crippen molar-refractivity contribution < 1.29 is 17.9 Å². The first-order chi connectivity index (χ1) is 12.4. The van der Waals surface area contributed by atoms with E-state index in [0.29, 0.717) is 56.6 Å². The Kier molecular flexibility index (Phi) is 6.82. The first kappa shape index (κ1) is 20.3. The van der Waals surface area contributed by atoms with E-state index in [1.165, 1.54) is 10.4 Å². The molecule has 1 atom stereocenters. The summed E-state index contributed by atoms with van der Waals surface area (Å²) >= 11 is 12.9. The van der Waals surface area contributed by atoms with Crippen molar-refractivity contribution in [2.45, 2.75) is 24.2 Å². The van der Waals surface area contributed by atoms with Gasteiger partial charge < -0.3 is 4.74 Å². The van der Waals surface area contributed by atoms with Crippen LogP contribution in [0.25, 0.3) is 0 Å². The molecule has 2 saturated heterocycles. The molecule has 0 spiro atoms. The number of sulfonamides is 1. The molecular weight excluding hydrogens is 421 g/mol. The average molecular weight is 442 g/mol. The first-order valence-corrected chi connectivity index (χ1v) is 11.4. The number of hydrogen-bond donors (Lipinski definition) is 1. The van der Waals surface area contributed by atoms with Crippen LogP contribution < -0.4 is 5.43 Å². The van der Waals surface area contributed by atoms with Crippen molar-refractivity contribution in [3.05, 3.63) is 14.7 Å². The van der Waals surface area contributed by atoms with Gasteiger partial charge in [0.1, 0.15) is 9.23 Å². The standard InChI is InChI=1S/C15H21Cl2N3O4S2/c16-13-9-12(15(17)25-13)26(22,23)20-3-1-2-11(10-20)8-14(21)18-19-4-6-24-7-5-19/h9,11H,1-8,10H2,(H,18,21). The lowest BCUT2D eigenvalue weighted by molar-refractivity contribution is -0.129. The van der Waals surface area contributed by atoms with E-state index in [0.717, 1.165) is 17.8 Å². The number of ether oxygens (including phenoxy) is 1. The molecule has 1 unspecified atom stereocenters. The number of hydrogen-bond acceptors (Lipinski definition) is 6. The summed E-state index contributed by atoms with van der Waals surface area (Å²) in [5, 5.41) is 1.84. The van der Waals surface area contributed by atoms with Gasteiger partial charge in [0.25, 0.3) is 0 Å². The molecular formula is C15H21Cl2N3O4S2. The lowest BCUT2D eigenvalue weighted by atomic mass is 9.96. The zero-order chi connectivity index (χ0) is 18.7. The molecule has 26 heavy (non-hydrogen) atoms. The average Bonchev–Trinajstić information content (AvgIpc) is 2.95.